The Morgan fingerprint density at radius 1 is 0.438 bits per heavy atom. The Balaban J connectivity index is 3.00. The van der Waals surface area contributed by atoms with Gasteiger partial charge in [0.05, 0.1) is 0 Å². The van der Waals surface area contributed by atoms with Crippen LogP contribution in [0.5, 0.6) is 0 Å². The van der Waals surface area contributed by atoms with E-state index in [1.165, 1.54) is 179 Å². The molecule has 2 nitrogen and oxygen atoms in total. The lowest BCUT2D eigenvalue weighted by atomic mass is 10.0. The van der Waals surface area contributed by atoms with Gasteiger partial charge in [0.15, 0.2) is 5.17 Å². The summed E-state index contributed by atoms with van der Waals surface area (Å²) in [5, 5.41) is 7.45. The van der Waals surface area contributed by atoms with E-state index in [4.69, 9.17) is 11.1 Å². The van der Waals surface area contributed by atoms with Crippen LogP contribution in [0.25, 0.3) is 0 Å². The van der Waals surface area contributed by atoms with Gasteiger partial charge in [-0.3, -0.25) is 5.41 Å². The summed E-state index contributed by atoms with van der Waals surface area (Å²) >= 11 is 1.49. The van der Waals surface area contributed by atoms with E-state index in [1.807, 2.05) is 0 Å². The van der Waals surface area contributed by atoms with Crippen molar-refractivity contribution in [1.29, 1.82) is 5.41 Å². The van der Waals surface area contributed by atoms with E-state index in [2.05, 4.69) is 6.92 Å². The molecule has 0 saturated heterocycles. The van der Waals surface area contributed by atoms with Crippen molar-refractivity contribution in [3.63, 3.8) is 0 Å². The number of hydrogen-bond acceptors (Lipinski definition) is 2. The van der Waals surface area contributed by atoms with E-state index in [0.717, 1.165) is 5.75 Å². The molecular weight excluding hydrogens is 408 g/mol. The Kier molecular flexibility index (Phi) is 28.7. The van der Waals surface area contributed by atoms with Gasteiger partial charge in [-0.25, -0.2) is 0 Å². The van der Waals surface area contributed by atoms with Crippen LogP contribution in [0.2, 0.25) is 0 Å². The van der Waals surface area contributed by atoms with Gasteiger partial charge >= 0.3 is 0 Å². The van der Waals surface area contributed by atoms with Crippen molar-refractivity contribution in [2.45, 2.75) is 174 Å². The Bertz CT molecular complexity index is 359. The monoisotopic (exact) mass is 468 g/mol. The highest BCUT2D eigenvalue weighted by Crippen LogP contribution is 2.16. The number of amidine groups is 1. The molecule has 0 aliphatic carbocycles. The molecule has 0 aliphatic rings. The van der Waals surface area contributed by atoms with Crippen LogP contribution < -0.4 is 5.73 Å². The maximum Gasteiger partial charge on any atom is 0.151 e. The van der Waals surface area contributed by atoms with Gasteiger partial charge in [-0.15, -0.1) is 0 Å². The number of thioether (sulfide) groups is 1. The Morgan fingerprint density at radius 3 is 0.875 bits per heavy atom. The lowest BCUT2D eigenvalue weighted by Gasteiger charge is -2.04. The number of hydrogen-bond donors (Lipinski definition) is 2. The van der Waals surface area contributed by atoms with E-state index in [1.54, 1.807) is 0 Å². The zero-order valence-electron chi connectivity index (χ0n) is 22.1. The fraction of sp³-hybridized carbons (Fsp3) is 0.966. The van der Waals surface area contributed by atoms with E-state index >= 15 is 0 Å². The van der Waals surface area contributed by atoms with Crippen molar-refractivity contribution in [3.8, 4) is 0 Å². The molecule has 0 amide bonds. The average Bonchev–Trinajstić information content (AvgIpc) is 2.78. The second-order valence-corrected chi connectivity index (χ2v) is 11.2. The molecule has 0 spiro atoms. The molecule has 0 atom stereocenters. The fourth-order valence-electron chi connectivity index (χ4n) is 4.60. The van der Waals surface area contributed by atoms with Crippen molar-refractivity contribution in [2.75, 3.05) is 5.75 Å². The molecule has 0 aromatic heterocycles. The fourth-order valence-corrected chi connectivity index (χ4v) is 5.17. The van der Waals surface area contributed by atoms with Crippen molar-refractivity contribution >= 4 is 16.9 Å². The molecule has 0 rings (SSSR count). The van der Waals surface area contributed by atoms with Gasteiger partial charge in [0.2, 0.25) is 0 Å². The molecule has 0 aromatic carbocycles. The van der Waals surface area contributed by atoms with Crippen LogP contribution in [-0.4, -0.2) is 10.9 Å². The SMILES string of the molecule is CCCCCCCCCCCCCCCCCCCCCCCCCCCCSC(=N)N. The van der Waals surface area contributed by atoms with Gasteiger partial charge in [-0.05, 0) is 6.42 Å². The number of nitrogens with one attached hydrogen (secondary N) is 1. The van der Waals surface area contributed by atoms with Crippen molar-refractivity contribution < 1.29 is 0 Å². The second-order valence-electron chi connectivity index (χ2n) is 10.1. The molecule has 0 radical (unpaired) electrons. The summed E-state index contributed by atoms with van der Waals surface area (Å²) in [6, 6.07) is 0. The van der Waals surface area contributed by atoms with Gasteiger partial charge in [0, 0.05) is 5.75 Å². The van der Waals surface area contributed by atoms with Crippen LogP contribution in [0.4, 0.5) is 0 Å². The number of unbranched alkanes of at least 4 members (excludes halogenated alkanes) is 25. The van der Waals surface area contributed by atoms with E-state index in [0.29, 0.717) is 0 Å². The molecule has 0 saturated carbocycles. The quantitative estimate of drug-likeness (QED) is 0.0715. The maximum atomic E-state index is 7.18. The first-order valence-corrected chi connectivity index (χ1v) is 15.7. The second kappa shape index (κ2) is 28.9. The third-order valence-electron chi connectivity index (χ3n) is 6.76. The third kappa shape index (κ3) is 29.8. The Hall–Kier alpha value is -0.180. The summed E-state index contributed by atoms with van der Waals surface area (Å²) in [7, 11) is 0. The zero-order chi connectivity index (χ0) is 23.4. The molecule has 0 aliphatic heterocycles. The normalized spacial score (nSPS) is 11.3. The van der Waals surface area contributed by atoms with Crippen LogP contribution >= 0.6 is 11.8 Å². The van der Waals surface area contributed by atoms with Gasteiger partial charge in [-0.2, -0.15) is 0 Å². The van der Waals surface area contributed by atoms with Gasteiger partial charge in [0.1, 0.15) is 0 Å². The van der Waals surface area contributed by atoms with E-state index in [9.17, 15) is 0 Å². The highest BCUT2D eigenvalue weighted by atomic mass is 32.2. The molecule has 0 fully saturated rings. The number of rotatable bonds is 27. The first-order chi connectivity index (χ1) is 15.8. The number of nitrogens with two attached hydrogens (primary N) is 1. The van der Waals surface area contributed by atoms with Crippen molar-refractivity contribution in [3.05, 3.63) is 0 Å². The molecule has 3 N–H and O–H groups in total. The molecular formula is C29H60N2S. The molecule has 0 aromatic rings. The summed E-state index contributed by atoms with van der Waals surface area (Å²) in [5.41, 5.74) is 5.34. The largest absolute Gasteiger partial charge is 0.379 e. The molecule has 0 heterocycles. The predicted octanol–water partition coefficient (Wildman–Crippen LogP) is 10.8. The van der Waals surface area contributed by atoms with Crippen LogP contribution in [0.3, 0.4) is 0 Å². The van der Waals surface area contributed by atoms with Crippen LogP contribution in [-0.2, 0) is 0 Å². The summed E-state index contributed by atoms with van der Waals surface area (Å²) in [5.74, 6) is 1.02. The smallest absolute Gasteiger partial charge is 0.151 e. The van der Waals surface area contributed by atoms with Crippen molar-refractivity contribution in [2.24, 2.45) is 5.73 Å². The first kappa shape index (κ1) is 31.8. The molecule has 0 bridgehead atoms. The maximum absolute atomic E-state index is 7.18. The standard InChI is InChI=1S/C29H60N2S/c1-2-3-4-5-6-7-8-9-10-11-12-13-14-15-16-17-18-19-20-21-22-23-24-25-26-27-28-32-29(30)31/h2-28H2,1H3,(H3,30,31). The molecule has 0 unspecified atom stereocenters. The van der Waals surface area contributed by atoms with Crippen LogP contribution in [0.15, 0.2) is 0 Å². The zero-order valence-corrected chi connectivity index (χ0v) is 22.9. The van der Waals surface area contributed by atoms with E-state index in [-0.39, 0.29) is 5.17 Å². The van der Waals surface area contributed by atoms with Gasteiger partial charge in [0.25, 0.3) is 0 Å². The predicted molar refractivity (Wildman–Crippen MR) is 150 cm³/mol. The first-order valence-electron chi connectivity index (χ1n) is 14.7. The summed E-state index contributed by atoms with van der Waals surface area (Å²) in [4.78, 5) is 0. The summed E-state index contributed by atoms with van der Waals surface area (Å²) in [6.07, 6.45) is 37.4. The van der Waals surface area contributed by atoms with Crippen LogP contribution in [0, 0.1) is 5.41 Å². The van der Waals surface area contributed by atoms with E-state index < -0.39 is 0 Å². The van der Waals surface area contributed by atoms with Gasteiger partial charge in [-0.1, -0.05) is 179 Å². The van der Waals surface area contributed by atoms with Crippen molar-refractivity contribution in [1.82, 2.24) is 0 Å². The third-order valence-corrected chi connectivity index (χ3v) is 7.56. The Morgan fingerprint density at radius 2 is 0.656 bits per heavy atom. The minimum atomic E-state index is 0.268. The molecule has 32 heavy (non-hydrogen) atoms. The minimum Gasteiger partial charge on any atom is -0.379 e. The molecule has 192 valence electrons. The van der Waals surface area contributed by atoms with Crippen LogP contribution in [0.1, 0.15) is 174 Å². The Labute approximate surface area is 207 Å². The van der Waals surface area contributed by atoms with Gasteiger partial charge < -0.3 is 5.73 Å². The average molecular weight is 469 g/mol. The lowest BCUT2D eigenvalue weighted by Crippen LogP contribution is -2.04. The summed E-state index contributed by atoms with van der Waals surface area (Å²) < 4.78 is 0. The minimum absolute atomic E-state index is 0.268. The lowest BCUT2D eigenvalue weighted by molar-refractivity contribution is 0.516. The highest BCUT2D eigenvalue weighted by molar-refractivity contribution is 8.13. The topological polar surface area (TPSA) is 49.9 Å². The highest BCUT2D eigenvalue weighted by Gasteiger charge is 1.97. The molecule has 3 heteroatoms. The summed E-state index contributed by atoms with van der Waals surface area (Å²) in [6.45, 7) is 2.30.